The van der Waals surface area contributed by atoms with E-state index in [1.807, 2.05) is 36.4 Å². The van der Waals surface area contributed by atoms with E-state index in [9.17, 15) is 9.59 Å². The lowest BCUT2D eigenvalue weighted by Gasteiger charge is -2.16. The molecule has 1 N–H and O–H groups in total. The maximum Gasteiger partial charge on any atom is 0.229 e. The lowest BCUT2D eigenvalue weighted by molar-refractivity contribution is -0.122. The number of carbonyl (C=O) groups excluding carboxylic acids is 2. The van der Waals surface area contributed by atoms with Gasteiger partial charge in [-0.15, -0.1) is 0 Å². The molecule has 2 amide bonds. The van der Waals surface area contributed by atoms with Crippen molar-refractivity contribution in [3.05, 3.63) is 60.2 Å². The predicted molar refractivity (Wildman–Crippen MR) is 86.7 cm³/mol. The van der Waals surface area contributed by atoms with Crippen LogP contribution in [-0.2, 0) is 9.59 Å². The van der Waals surface area contributed by atoms with Crippen LogP contribution in [0.25, 0.3) is 0 Å². The first kappa shape index (κ1) is 14.8. The van der Waals surface area contributed by atoms with Gasteiger partial charge in [0.05, 0.1) is 17.6 Å². The van der Waals surface area contributed by atoms with Crippen molar-refractivity contribution in [1.29, 1.82) is 5.26 Å². The van der Waals surface area contributed by atoms with Crippen LogP contribution in [0.5, 0.6) is 0 Å². The van der Waals surface area contributed by atoms with Crippen LogP contribution in [0.15, 0.2) is 54.6 Å². The molecule has 0 radical (unpaired) electrons. The van der Waals surface area contributed by atoms with E-state index in [1.165, 1.54) is 0 Å². The molecule has 3 rings (SSSR count). The highest BCUT2D eigenvalue weighted by atomic mass is 16.2. The molecule has 1 aliphatic heterocycles. The monoisotopic (exact) mass is 305 g/mol. The van der Waals surface area contributed by atoms with Crippen LogP contribution in [0.4, 0.5) is 11.4 Å². The van der Waals surface area contributed by atoms with E-state index in [0.29, 0.717) is 17.8 Å². The minimum absolute atomic E-state index is 0.0452. The van der Waals surface area contributed by atoms with Gasteiger partial charge >= 0.3 is 0 Å². The Bertz CT molecular complexity index is 763. The van der Waals surface area contributed by atoms with Crippen LogP contribution in [0.1, 0.15) is 12.0 Å². The maximum absolute atomic E-state index is 12.3. The quantitative estimate of drug-likeness (QED) is 0.947. The first-order valence-corrected chi connectivity index (χ1v) is 7.34. The molecular formula is C18H15N3O2. The number of carbonyl (C=O) groups is 2. The second kappa shape index (κ2) is 6.32. The number of nitriles is 1. The molecule has 1 fully saturated rings. The Morgan fingerprint density at radius 1 is 1.13 bits per heavy atom. The van der Waals surface area contributed by atoms with E-state index in [-0.39, 0.29) is 24.2 Å². The second-order valence-electron chi connectivity index (χ2n) is 5.42. The lowest BCUT2D eigenvalue weighted by Crippen LogP contribution is -2.28. The van der Waals surface area contributed by atoms with Gasteiger partial charge in [0.1, 0.15) is 0 Å². The number of anilines is 2. The first-order chi connectivity index (χ1) is 11.2. The van der Waals surface area contributed by atoms with Gasteiger partial charge in [-0.1, -0.05) is 18.2 Å². The highest BCUT2D eigenvalue weighted by molar-refractivity contribution is 6.03. The van der Waals surface area contributed by atoms with Crippen molar-refractivity contribution in [1.82, 2.24) is 0 Å². The normalized spacial score (nSPS) is 16.9. The van der Waals surface area contributed by atoms with E-state index < -0.39 is 0 Å². The van der Waals surface area contributed by atoms with E-state index in [4.69, 9.17) is 5.26 Å². The van der Waals surface area contributed by atoms with Crippen LogP contribution in [-0.4, -0.2) is 18.4 Å². The Hall–Kier alpha value is -3.13. The van der Waals surface area contributed by atoms with Crippen LogP contribution < -0.4 is 10.2 Å². The van der Waals surface area contributed by atoms with Crippen molar-refractivity contribution in [2.24, 2.45) is 5.92 Å². The Morgan fingerprint density at radius 3 is 2.48 bits per heavy atom. The van der Waals surface area contributed by atoms with Gasteiger partial charge in [-0.25, -0.2) is 0 Å². The smallest absolute Gasteiger partial charge is 0.229 e. The zero-order chi connectivity index (χ0) is 16.2. The molecule has 2 aromatic rings. The number of hydrogen-bond donors (Lipinski definition) is 1. The van der Waals surface area contributed by atoms with Gasteiger partial charge < -0.3 is 10.2 Å². The molecule has 5 nitrogen and oxygen atoms in total. The zero-order valence-electron chi connectivity index (χ0n) is 12.4. The number of benzene rings is 2. The summed E-state index contributed by atoms with van der Waals surface area (Å²) in [6.45, 7) is 0.380. The molecule has 1 atom stereocenters. The Morgan fingerprint density at radius 2 is 1.83 bits per heavy atom. The molecule has 0 bridgehead atoms. The molecule has 0 aromatic heterocycles. The van der Waals surface area contributed by atoms with Gasteiger partial charge in [0, 0.05) is 24.3 Å². The summed E-state index contributed by atoms with van der Waals surface area (Å²) >= 11 is 0. The van der Waals surface area contributed by atoms with E-state index in [2.05, 4.69) is 5.32 Å². The van der Waals surface area contributed by atoms with Gasteiger partial charge in [-0.05, 0) is 36.4 Å². The summed E-state index contributed by atoms with van der Waals surface area (Å²) in [5.74, 6) is -0.601. The average molecular weight is 305 g/mol. The highest BCUT2D eigenvalue weighted by Gasteiger charge is 2.35. The standard InChI is InChI=1S/C18H15N3O2/c19-11-13-6-8-15(9-7-13)20-18(23)14-10-17(22)21(12-14)16-4-2-1-3-5-16/h1-9,14H,10,12H2,(H,20,23)/t14-/m0/s1. The molecule has 0 unspecified atom stereocenters. The molecule has 23 heavy (non-hydrogen) atoms. The van der Waals surface area contributed by atoms with E-state index in [1.54, 1.807) is 29.2 Å². The third-order valence-electron chi connectivity index (χ3n) is 3.85. The third kappa shape index (κ3) is 3.22. The summed E-state index contributed by atoms with van der Waals surface area (Å²) in [6, 6.07) is 18.0. The minimum Gasteiger partial charge on any atom is -0.326 e. The van der Waals surface area contributed by atoms with Gasteiger partial charge in [0.2, 0.25) is 11.8 Å². The number of nitrogens with one attached hydrogen (secondary N) is 1. The molecule has 0 saturated carbocycles. The maximum atomic E-state index is 12.3. The fraction of sp³-hybridized carbons (Fsp3) is 0.167. The number of nitrogens with zero attached hydrogens (tertiary/aromatic N) is 2. The number of amides is 2. The summed E-state index contributed by atoms with van der Waals surface area (Å²) in [5.41, 5.74) is 1.97. The molecule has 1 saturated heterocycles. The Kier molecular flexibility index (Phi) is 4.07. The van der Waals surface area contributed by atoms with Crippen LogP contribution in [0, 0.1) is 17.2 Å². The van der Waals surface area contributed by atoms with E-state index in [0.717, 1.165) is 5.69 Å². The molecule has 1 heterocycles. The number of rotatable bonds is 3. The van der Waals surface area contributed by atoms with Crippen molar-refractivity contribution in [3.8, 4) is 6.07 Å². The van der Waals surface area contributed by atoms with Gasteiger partial charge in [0.25, 0.3) is 0 Å². The van der Waals surface area contributed by atoms with Crippen LogP contribution in [0.2, 0.25) is 0 Å². The fourth-order valence-electron chi connectivity index (χ4n) is 2.61. The topological polar surface area (TPSA) is 73.2 Å². The SMILES string of the molecule is N#Cc1ccc(NC(=O)[C@H]2CC(=O)N(c3ccccc3)C2)cc1. The van der Waals surface area contributed by atoms with Gasteiger partial charge in [-0.3, -0.25) is 9.59 Å². The molecule has 114 valence electrons. The largest absolute Gasteiger partial charge is 0.326 e. The minimum atomic E-state index is -0.377. The fourth-order valence-corrected chi connectivity index (χ4v) is 2.61. The molecule has 5 heteroatoms. The number of hydrogen-bond acceptors (Lipinski definition) is 3. The Balaban J connectivity index is 1.67. The van der Waals surface area contributed by atoms with Crippen LogP contribution in [0.3, 0.4) is 0 Å². The molecule has 1 aliphatic rings. The molecule has 2 aromatic carbocycles. The third-order valence-corrected chi connectivity index (χ3v) is 3.85. The van der Waals surface area contributed by atoms with Crippen molar-refractivity contribution >= 4 is 23.2 Å². The molecule has 0 spiro atoms. The van der Waals surface area contributed by atoms with Crippen molar-refractivity contribution in [2.75, 3.05) is 16.8 Å². The van der Waals surface area contributed by atoms with Crippen molar-refractivity contribution < 1.29 is 9.59 Å². The number of para-hydroxylation sites is 1. The zero-order valence-corrected chi connectivity index (χ0v) is 12.4. The van der Waals surface area contributed by atoms with Gasteiger partial charge in [-0.2, -0.15) is 5.26 Å². The van der Waals surface area contributed by atoms with Gasteiger partial charge in [0.15, 0.2) is 0 Å². The summed E-state index contributed by atoms with van der Waals surface area (Å²) in [7, 11) is 0. The van der Waals surface area contributed by atoms with Crippen molar-refractivity contribution in [3.63, 3.8) is 0 Å². The Labute approximate surface area is 134 Å². The van der Waals surface area contributed by atoms with Crippen molar-refractivity contribution in [2.45, 2.75) is 6.42 Å². The van der Waals surface area contributed by atoms with Crippen LogP contribution >= 0.6 is 0 Å². The summed E-state index contributed by atoms with van der Waals surface area (Å²) in [6.07, 6.45) is 0.205. The van der Waals surface area contributed by atoms with E-state index >= 15 is 0 Å². The summed E-state index contributed by atoms with van der Waals surface area (Å²) < 4.78 is 0. The molecule has 0 aliphatic carbocycles. The first-order valence-electron chi connectivity index (χ1n) is 7.34. The lowest BCUT2D eigenvalue weighted by atomic mass is 10.1. The average Bonchev–Trinajstić information content (AvgIpc) is 2.98. The predicted octanol–water partition coefficient (Wildman–Crippen LogP) is 2.55. The second-order valence-corrected chi connectivity index (χ2v) is 5.42. The summed E-state index contributed by atoms with van der Waals surface area (Å²) in [4.78, 5) is 26.1. The summed E-state index contributed by atoms with van der Waals surface area (Å²) in [5, 5.41) is 11.6. The highest BCUT2D eigenvalue weighted by Crippen LogP contribution is 2.25. The molecular weight excluding hydrogens is 290 g/mol.